The Morgan fingerprint density at radius 2 is 1.83 bits per heavy atom. The summed E-state index contributed by atoms with van der Waals surface area (Å²) in [5, 5.41) is 2.21. The number of hydrogen-bond acceptors (Lipinski definition) is 2. The van der Waals surface area contributed by atoms with Crippen molar-refractivity contribution in [3.05, 3.63) is 60.7 Å². The summed E-state index contributed by atoms with van der Waals surface area (Å²) in [5.41, 5.74) is 10.1. The number of benzene rings is 2. The normalized spacial score (nSPS) is 10.9. The lowest BCUT2D eigenvalue weighted by Gasteiger charge is -2.11. The number of nitrogens with zero attached hydrogens (tertiary/aromatic N) is 1. The summed E-state index contributed by atoms with van der Waals surface area (Å²) in [5.74, 6) is 0. The first-order chi connectivity index (χ1) is 8.81. The van der Waals surface area contributed by atoms with E-state index in [9.17, 15) is 0 Å². The molecule has 2 N–H and O–H groups in total. The molecule has 2 nitrogen and oxygen atoms in total. The zero-order valence-corrected chi connectivity index (χ0v) is 10.1. The number of pyridine rings is 1. The van der Waals surface area contributed by atoms with Crippen LogP contribution in [0.3, 0.4) is 0 Å². The molecule has 0 aliphatic carbocycles. The SMILES string of the molecule is C=CCc1c2ccccc2nc2cccc(N)c12. The lowest BCUT2D eigenvalue weighted by molar-refractivity contribution is 1.32. The van der Waals surface area contributed by atoms with Gasteiger partial charge in [-0.25, -0.2) is 4.98 Å². The van der Waals surface area contributed by atoms with E-state index in [2.05, 4.69) is 17.6 Å². The highest BCUT2D eigenvalue weighted by Crippen LogP contribution is 2.30. The molecule has 1 heterocycles. The van der Waals surface area contributed by atoms with E-state index in [0.29, 0.717) is 0 Å². The van der Waals surface area contributed by atoms with Crippen LogP contribution in [-0.2, 0) is 6.42 Å². The highest BCUT2D eigenvalue weighted by molar-refractivity contribution is 6.03. The van der Waals surface area contributed by atoms with Crippen LogP contribution in [0.1, 0.15) is 5.56 Å². The van der Waals surface area contributed by atoms with E-state index in [1.165, 1.54) is 5.56 Å². The summed E-state index contributed by atoms with van der Waals surface area (Å²) in [6, 6.07) is 14.0. The van der Waals surface area contributed by atoms with Crippen molar-refractivity contribution >= 4 is 27.5 Å². The minimum atomic E-state index is 0.780. The molecule has 0 amide bonds. The first-order valence-electron chi connectivity index (χ1n) is 5.98. The minimum Gasteiger partial charge on any atom is -0.398 e. The Balaban J connectivity index is 2.55. The van der Waals surface area contributed by atoms with Crippen LogP contribution in [0.15, 0.2) is 55.1 Å². The predicted octanol–water partition coefficient (Wildman–Crippen LogP) is 3.70. The predicted molar refractivity (Wildman–Crippen MR) is 77.6 cm³/mol. The van der Waals surface area contributed by atoms with Crippen molar-refractivity contribution in [1.82, 2.24) is 4.98 Å². The largest absolute Gasteiger partial charge is 0.398 e. The third-order valence-electron chi connectivity index (χ3n) is 3.20. The molecule has 0 saturated heterocycles. The van der Waals surface area contributed by atoms with Gasteiger partial charge in [0.05, 0.1) is 11.0 Å². The smallest absolute Gasteiger partial charge is 0.0733 e. The molecule has 2 aromatic carbocycles. The second-order valence-electron chi connectivity index (χ2n) is 4.34. The van der Waals surface area contributed by atoms with Crippen LogP contribution in [0.5, 0.6) is 0 Å². The fourth-order valence-electron chi connectivity index (χ4n) is 2.43. The van der Waals surface area contributed by atoms with Gasteiger partial charge in [0.15, 0.2) is 0 Å². The van der Waals surface area contributed by atoms with Crippen LogP contribution >= 0.6 is 0 Å². The molecule has 2 heteroatoms. The number of aromatic nitrogens is 1. The highest BCUT2D eigenvalue weighted by atomic mass is 14.7. The van der Waals surface area contributed by atoms with E-state index in [1.807, 2.05) is 42.5 Å². The Hall–Kier alpha value is -2.35. The van der Waals surface area contributed by atoms with Crippen molar-refractivity contribution in [2.24, 2.45) is 0 Å². The van der Waals surface area contributed by atoms with Gasteiger partial charge in [-0.3, -0.25) is 0 Å². The Morgan fingerprint density at radius 1 is 1.06 bits per heavy atom. The first-order valence-corrected chi connectivity index (χ1v) is 5.98. The molecule has 3 aromatic rings. The van der Waals surface area contributed by atoms with Gasteiger partial charge < -0.3 is 5.73 Å². The Kier molecular flexibility index (Phi) is 2.49. The topological polar surface area (TPSA) is 38.9 Å². The molecule has 0 fully saturated rings. The monoisotopic (exact) mass is 234 g/mol. The second-order valence-corrected chi connectivity index (χ2v) is 4.34. The van der Waals surface area contributed by atoms with Gasteiger partial charge in [-0.15, -0.1) is 6.58 Å². The van der Waals surface area contributed by atoms with Gasteiger partial charge in [0, 0.05) is 16.5 Å². The molecule has 3 rings (SSSR count). The van der Waals surface area contributed by atoms with Crippen molar-refractivity contribution in [3.63, 3.8) is 0 Å². The van der Waals surface area contributed by atoms with Crippen LogP contribution in [0.25, 0.3) is 21.8 Å². The highest BCUT2D eigenvalue weighted by Gasteiger charge is 2.09. The molecular weight excluding hydrogens is 220 g/mol. The molecule has 0 aliphatic heterocycles. The summed E-state index contributed by atoms with van der Waals surface area (Å²) >= 11 is 0. The number of rotatable bonds is 2. The van der Waals surface area contributed by atoms with Gasteiger partial charge in [-0.1, -0.05) is 30.3 Å². The van der Waals surface area contributed by atoms with E-state index in [4.69, 9.17) is 5.73 Å². The summed E-state index contributed by atoms with van der Waals surface area (Å²) in [4.78, 5) is 4.67. The van der Waals surface area contributed by atoms with Crippen LogP contribution in [-0.4, -0.2) is 4.98 Å². The molecule has 0 spiro atoms. The average Bonchev–Trinajstić information content (AvgIpc) is 2.39. The molecular formula is C16H14N2. The van der Waals surface area contributed by atoms with E-state index in [1.54, 1.807) is 0 Å². The van der Waals surface area contributed by atoms with E-state index in [0.717, 1.165) is 33.9 Å². The van der Waals surface area contributed by atoms with Crippen molar-refractivity contribution < 1.29 is 0 Å². The molecule has 0 unspecified atom stereocenters. The number of hydrogen-bond donors (Lipinski definition) is 1. The molecule has 88 valence electrons. The van der Waals surface area contributed by atoms with E-state index < -0.39 is 0 Å². The maximum Gasteiger partial charge on any atom is 0.0733 e. The third kappa shape index (κ3) is 1.54. The van der Waals surface area contributed by atoms with Crippen LogP contribution in [0.4, 0.5) is 5.69 Å². The van der Waals surface area contributed by atoms with Gasteiger partial charge in [-0.05, 0) is 30.2 Å². The summed E-state index contributed by atoms with van der Waals surface area (Å²) in [6.45, 7) is 3.84. The fourth-order valence-corrected chi connectivity index (χ4v) is 2.43. The van der Waals surface area contributed by atoms with Gasteiger partial charge in [0.25, 0.3) is 0 Å². The number of anilines is 1. The fraction of sp³-hybridized carbons (Fsp3) is 0.0625. The number of nitrogen functional groups attached to an aromatic ring is 1. The molecule has 0 saturated carbocycles. The zero-order valence-electron chi connectivity index (χ0n) is 10.1. The first kappa shape index (κ1) is 10.8. The Bertz CT molecular complexity index is 745. The van der Waals surface area contributed by atoms with Gasteiger partial charge in [0.2, 0.25) is 0 Å². The quantitative estimate of drug-likeness (QED) is 0.417. The van der Waals surface area contributed by atoms with Crippen molar-refractivity contribution in [3.8, 4) is 0 Å². The average molecular weight is 234 g/mol. The number of fused-ring (bicyclic) bond motifs is 2. The van der Waals surface area contributed by atoms with Gasteiger partial charge in [0.1, 0.15) is 0 Å². The van der Waals surface area contributed by atoms with Crippen LogP contribution in [0.2, 0.25) is 0 Å². The third-order valence-corrected chi connectivity index (χ3v) is 3.20. The van der Waals surface area contributed by atoms with Crippen LogP contribution < -0.4 is 5.73 Å². The van der Waals surface area contributed by atoms with Crippen LogP contribution in [0, 0.1) is 0 Å². The van der Waals surface area contributed by atoms with E-state index in [-0.39, 0.29) is 0 Å². The summed E-state index contributed by atoms with van der Waals surface area (Å²) in [7, 11) is 0. The lowest BCUT2D eigenvalue weighted by atomic mass is 9.99. The number of allylic oxidation sites excluding steroid dienone is 1. The van der Waals surface area contributed by atoms with E-state index >= 15 is 0 Å². The second kappa shape index (κ2) is 4.15. The minimum absolute atomic E-state index is 0.780. The maximum absolute atomic E-state index is 6.10. The number of para-hydroxylation sites is 1. The zero-order chi connectivity index (χ0) is 12.5. The van der Waals surface area contributed by atoms with Gasteiger partial charge in [-0.2, -0.15) is 0 Å². The van der Waals surface area contributed by atoms with Gasteiger partial charge >= 0.3 is 0 Å². The standard InChI is InChI=1S/C16H14N2/c1-2-6-12-11-7-3-4-9-14(11)18-15-10-5-8-13(17)16(12)15/h2-5,7-10H,1,6,17H2. The van der Waals surface area contributed by atoms with Crippen molar-refractivity contribution in [2.75, 3.05) is 5.73 Å². The molecule has 0 bridgehead atoms. The molecule has 18 heavy (non-hydrogen) atoms. The Morgan fingerprint density at radius 3 is 2.67 bits per heavy atom. The number of nitrogens with two attached hydrogens (primary N) is 1. The lowest BCUT2D eigenvalue weighted by Crippen LogP contribution is -1.95. The Labute approximate surface area is 106 Å². The summed E-state index contributed by atoms with van der Waals surface area (Å²) in [6.07, 6.45) is 2.71. The van der Waals surface area contributed by atoms with Crippen molar-refractivity contribution in [1.29, 1.82) is 0 Å². The molecule has 0 atom stereocenters. The summed E-state index contributed by atoms with van der Waals surface area (Å²) < 4.78 is 0. The molecule has 0 radical (unpaired) electrons. The maximum atomic E-state index is 6.10. The van der Waals surface area contributed by atoms with Crippen molar-refractivity contribution in [2.45, 2.75) is 6.42 Å². The molecule has 1 aromatic heterocycles. The molecule has 0 aliphatic rings.